The second-order valence-electron chi connectivity index (χ2n) is 9.22. The number of carbonyl (C=O) groups is 1. The fourth-order valence-corrected chi connectivity index (χ4v) is 3.59. The van der Waals surface area contributed by atoms with Crippen molar-refractivity contribution in [3.63, 3.8) is 0 Å². The van der Waals surface area contributed by atoms with E-state index in [9.17, 15) is 14.9 Å². The van der Waals surface area contributed by atoms with Gasteiger partial charge in [0.2, 0.25) is 0 Å². The highest BCUT2D eigenvalue weighted by Gasteiger charge is 2.39. The SMILES string of the molecule is CC(C)(O)C(C)(C)OB(O)c1ccc(N2CCN(Cc3ccccc3)CC2)c(C=O)c1. The molecular weight excluding hydrogens is 391 g/mol. The number of aldehydes is 1. The monoisotopic (exact) mass is 424 g/mol. The van der Waals surface area contributed by atoms with Gasteiger partial charge in [0.05, 0.1) is 11.2 Å². The fraction of sp³-hybridized carbons (Fsp3) is 0.458. The van der Waals surface area contributed by atoms with E-state index in [-0.39, 0.29) is 0 Å². The van der Waals surface area contributed by atoms with Crippen LogP contribution in [0.1, 0.15) is 43.6 Å². The predicted molar refractivity (Wildman–Crippen MR) is 125 cm³/mol. The second kappa shape index (κ2) is 9.53. The number of nitrogens with zero attached hydrogens (tertiary/aromatic N) is 2. The quantitative estimate of drug-likeness (QED) is 0.500. The van der Waals surface area contributed by atoms with Gasteiger partial charge in [-0.15, -0.1) is 0 Å². The van der Waals surface area contributed by atoms with Crippen LogP contribution in [0.2, 0.25) is 0 Å². The van der Waals surface area contributed by atoms with Gasteiger partial charge in [-0.05, 0) is 50.9 Å². The summed E-state index contributed by atoms with van der Waals surface area (Å²) in [4.78, 5) is 16.4. The highest BCUT2D eigenvalue weighted by Crippen LogP contribution is 2.26. The highest BCUT2D eigenvalue weighted by molar-refractivity contribution is 6.60. The smallest absolute Gasteiger partial charge is 0.423 e. The Kier molecular flexibility index (Phi) is 7.22. The van der Waals surface area contributed by atoms with Crippen LogP contribution in [0.3, 0.4) is 0 Å². The Morgan fingerprint density at radius 3 is 2.26 bits per heavy atom. The molecule has 1 fully saturated rings. The lowest BCUT2D eigenvalue weighted by atomic mass is 9.76. The first-order chi connectivity index (χ1) is 14.6. The summed E-state index contributed by atoms with van der Waals surface area (Å²) in [5, 5.41) is 20.8. The maximum Gasteiger partial charge on any atom is 0.491 e. The van der Waals surface area contributed by atoms with Crippen LogP contribution in [-0.2, 0) is 11.2 Å². The van der Waals surface area contributed by atoms with Crippen LogP contribution < -0.4 is 10.4 Å². The van der Waals surface area contributed by atoms with Gasteiger partial charge < -0.3 is 19.7 Å². The molecule has 1 aliphatic heterocycles. The molecule has 0 amide bonds. The molecule has 0 saturated carbocycles. The highest BCUT2D eigenvalue weighted by atomic mass is 16.5. The Bertz CT molecular complexity index is 875. The summed E-state index contributed by atoms with van der Waals surface area (Å²) in [6, 6.07) is 15.8. The van der Waals surface area contributed by atoms with Gasteiger partial charge in [-0.3, -0.25) is 9.69 Å². The Balaban J connectivity index is 1.66. The van der Waals surface area contributed by atoms with Crippen molar-refractivity contribution in [2.75, 3.05) is 31.1 Å². The number of anilines is 1. The van der Waals surface area contributed by atoms with E-state index >= 15 is 0 Å². The molecule has 1 saturated heterocycles. The Hall–Kier alpha value is -2.19. The zero-order valence-electron chi connectivity index (χ0n) is 18.9. The minimum absolute atomic E-state index is 0.492. The van der Waals surface area contributed by atoms with E-state index in [4.69, 9.17) is 4.65 Å². The molecular formula is C24H33BN2O4. The summed E-state index contributed by atoms with van der Waals surface area (Å²) in [5.41, 5.74) is 1.08. The summed E-state index contributed by atoms with van der Waals surface area (Å²) >= 11 is 0. The Morgan fingerprint density at radius 1 is 1.03 bits per heavy atom. The van der Waals surface area contributed by atoms with Crippen molar-refractivity contribution in [1.82, 2.24) is 4.90 Å². The van der Waals surface area contributed by atoms with Crippen LogP contribution in [0.15, 0.2) is 48.5 Å². The fourth-order valence-electron chi connectivity index (χ4n) is 3.59. The van der Waals surface area contributed by atoms with Crippen molar-refractivity contribution in [2.24, 2.45) is 0 Å². The largest absolute Gasteiger partial charge is 0.491 e. The van der Waals surface area contributed by atoms with Gasteiger partial charge in [-0.25, -0.2) is 0 Å². The van der Waals surface area contributed by atoms with Crippen molar-refractivity contribution in [1.29, 1.82) is 0 Å². The lowest BCUT2D eigenvalue weighted by Crippen LogP contribution is -2.53. The minimum atomic E-state index is -1.24. The first-order valence-electron chi connectivity index (χ1n) is 10.8. The van der Waals surface area contributed by atoms with Crippen LogP contribution in [0.5, 0.6) is 0 Å². The second-order valence-corrected chi connectivity index (χ2v) is 9.22. The van der Waals surface area contributed by atoms with Gasteiger partial charge >= 0.3 is 7.12 Å². The number of hydrogen-bond acceptors (Lipinski definition) is 6. The predicted octanol–water partition coefficient (Wildman–Crippen LogP) is 2.07. The topological polar surface area (TPSA) is 73.2 Å². The lowest BCUT2D eigenvalue weighted by Gasteiger charge is -2.38. The summed E-state index contributed by atoms with van der Waals surface area (Å²) in [6.07, 6.45) is 0.822. The van der Waals surface area contributed by atoms with E-state index in [2.05, 4.69) is 34.1 Å². The maximum absolute atomic E-state index is 11.8. The Morgan fingerprint density at radius 2 is 1.68 bits per heavy atom. The molecule has 6 nitrogen and oxygen atoms in total. The average Bonchev–Trinajstić information content (AvgIpc) is 2.73. The third-order valence-corrected chi connectivity index (χ3v) is 6.31. The number of hydrogen-bond donors (Lipinski definition) is 2. The molecule has 2 N–H and O–H groups in total. The number of carbonyl (C=O) groups excluding carboxylic acids is 1. The number of benzene rings is 2. The van der Waals surface area contributed by atoms with Crippen molar-refractivity contribution in [2.45, 2.75) is 45.4 Å². The summed E-state index contributed by atoms with van der Waals surface area (Å²) in [6.45, 7) is 11.1. The van der Waals surface area contributed by atoms with Gasteiger partial charge in [0, 0.05) is 44.0 Å². The van der Waals surface area contributed by atoms with Crippen LogP contribution in [0.4, 0.5) is 5.69 Å². The first-order valence-corrected chi connectivity index (χ1v) is 10.8. The molecule has 0 aliphatic carbocycles. The molecule has 3 rings (SSSR count). The lowest BCUT2D eigenvalue weighted by molar-refractivity contribution is -0.0982. The summed E-state index contributed by atoms with van der Waals surface area (Å²) in [5.74, 6) is 0. The van der Waals surface area contributed by atoms with E-state index in [0.29, 0.717) is 11.0 Å². The number of rotatable bonds is 8. The third kappa shape index (κ3) is 5.74. The summed E-state index contributed by atoms with van der Waals surface area (Å²) < 4.78 is 5.71. The number of piperazine rings is 1. The van der Waals surface area contributed by atoms with Crippen molar-refractivity contribution >= 4 is 24.6 Å². The molecule has 0 unspecified atom stereocenters. The number of aliphatic hydroxyl groups is 1. The van der Waals surface area contributed by atoms with E-state index < -0.39 is 18.3 Å². The van der Waals surface area contributed by atoms with E-state index in [1.54, 1.807) is 39.8 Å². The van der Waals surface area contributed by atoms with Gasteiger partial charge in [-0.1, -0.05) is 36.4 Å². The van der Waals surface area contributed by atoms with Crippen LogP contribution >= 0.6 is 0 Å². The van der Waals surface area contributed by atoms with E-state index in [1.807, 2.05) is 12.1 Å². The van der Waals surface area contributed by atoms with Crippen molar-refractivity contribution < 1.29 is 19.6 Å². The van der Waals surface area contributed by atoms with E-state index in [1.165, 1.54) is 5.56 Å². The zero-order valence-corrected chi connectivity index (χ0v) is 18.9. The van der Waals surface area contributed by atoms with Gasteiger partial charge in [0.25, 0.3) is 0 Å². The molecule has 7 heteroatoms. The molecule has 166 valence electrons. The maximum atomic E-state index is 11.8. The van der Waals surface area contributed by atoms with Gasteiger partial charge in [-0.2, -0.15) is 0 Å². The van der Waals surface area contributed by atoms with Crippen LogP contribution in [0.25, 0.3) is 0 Å². The molecule has 0 bridgehead atoms. The van der Waals surface area contributed by atoms with Crippen LogP contribution in [0, 0.1) is 0 Å². The van der Waals surface area contributed by atoms with E-state index in [0.717, 1.165) is 44.7 Å². The molecule has 0 spiro atoms. The van der Waals surface area contributed by atoms with Gasteiger partial charge in [0.15, 0.2) is 6.29 Å². The minimum Gasteiger partial charge on any atom is -0.423 e. The standard InChI is InChI=1S/C24H33BN2O4/c1-23(2,29)24(3,4)31-25(30)21-10-11-22(20(16-21)18-28)27-14-12-26(13-15-27)17-19-8-6-5-7-9-19/h5-11,16,18,29-30H,12-15,17H2,1-4H3. The first kappa shape index (κ1) is 23.5. The molecule has 0 atom stereocenters. The molecule has 0 radical (unpaired) electrons. The van der Waals surface area contributed by atoms with Crippen molar-refractivity contribution in [3.05, 3.63) is 59.7 Å². The van der Waals surface area contributed by atoms with Crippen molar-refractivity contribution in [3.8, 4) is 0 Å². The molecule has 2 aromatic rings. The normalized spacial score (nSPS) is 15.7. The molecule has 1 aliphatic rings. The zero-order chi connectivity index (χ0) is 22.6. The van der Waals surface area contributed by atoms with Crippen LogP contribution in [-0.4, -0.2) is 65.8 Å². The third-order valence-electron chi connectivity index (χ3n) is 6.31. The molecule has 31 heavy (non-hydrogen) atoms. The summed E-state index contributed by atoms with van der Waals surface area (Å²) in [7, 11) is -1.24. The Labute approximate surface area is 185 Å². The molecule has 2 aromatic carbocycles. The molecule has 0 aromatic heterocycles. The van der Waals surface area contributed by atoms with Gasteiger partial charge in [0.1, 0.15) is 0 Å². The molecule has 1 heterocycles. The average molecular weight is 424 g/mol.